The van der Waals surface area contributed by atoms with Crippen LogP contribution in [0.4, 0.5) is 0 Å². The van der Waals surface area contributed by atoms with E-state index < -0.39 is 0 Å². The van der Waals surface area contributed by atoms with E-state index in [4.69, 9.17) is 4.74 Å². The molecule has 3 nitrogen and oxygen atoms in total. The van der Waals surface area contributed by atoms with E-state index in [1.165, 1.54) is 32.2 Å². The molecule has 0 radical (unpaired) electrons. The summed E-state index contributed by atoms with van der Waals surface area (Å²) in [5.41, 5.74) is 0.407. The molecule has 1 atom stereocenters. The summed E-state index contributed by atoms with van der Waals surface area (Å²) in [4.78, 5) is 2.56. The summed E-state index contributed by atoms with van der Waals surface area (Å²) in [6, 6.07) is 0.685. The van der Waals surface area contributed by atoms with E-state index in [0.717, 1.165) is 32.2 Å². The van der Waals surface area contributed by atoms with Gasteiger partial charge in [0, 0.05) is 32.3 Å². The highest BCUT2D eigenvalue weighted by Gasteiger charge is 2.34. The molecule has 1 saturated heterocycles. The lowest BCUT2D eigenvalue weighted by Crippen LogP contribution is -2.48. The Morgan fingerprint density at radius 1 is 1.20 bits per heavy atom. The van der Waals surface area contributed by atoms with E-state index >= 15 is 0 Å². The zero-order chi connectivity index (χ0) is 15.0. The fourth-order valence-corrected chi connectivity index (χ4v) is 3.14. The van der Waals surface area contributed by atoms with Gasteiger partial charge in [0.05, 0.1) is 0 Å². The van der Waals surface area contributed by atoms with Crippen LogP contribution in [-0.2, 0) is 4.74 Å². The molecular weight excluding hydrogens is 248 g/mol. The topological polar surface area (TPSA) is 24.5 Å². The van der Waals surface area contributed by atoms with E-state index in [9.17, 15) is 0 Å². The molecular formula is C17H36N2O. The lowest BCUT2D eigenvalue weighted by atomic mass is 9.79. The van der Waals surface area contributed by atoms with E-state index in [1.807, 2.05) is 0 Å². The summed E-state index contributed by atoms with van der Waals surface area (Å²) in [5, 5.41) is 3.69. The third kappa shape index (κ3) is 6.11. The van der Waals surface area contributed by atoms with Gasteiger partial charge in [-0.25, -0.2) is 0 Å². The van der Waals surface area contributed by atoms with Gasteiger partial charge in [-0.05, 0) is 51.1 Å². The van der Waals surface area contributed by atoms with Gasteiger partial charge in [0.2, 0.25) is 0 Å². The van der Waals surface area contributed by atoms with Gasteiger partial charge in [0.25, 0.3) is 0 Å². The Balaban J connectivity index is 2.53. The molecule has 1 N–H and O–H groups in total. The quantitative estimate of drug-likeness (QED) is 0.704. The second-order valence-electron chi connectivity index (χ2n) is 7.19. The molecule has 0 aliphatic carbocycles. The summed E-state index contributed by atoms with van der Waals surface area (Å²) >= 11 is 0. The molecule has 20 heavy (non-hydrogen) atoms. The summed E-state index contributed by atoms with van der Waals surface area (Å²) in [6.07, 6.45) is 4.96. The predicted octanol–water partition coefficient (Wildman–Crippen LogP) is 3.15. The first kappa shape index (κ1) is 17.9. The fourth-order valence-electron chi connectivity index (χ4n) is 3.14. The molecule has 0 spiro atoms. The normalized spacial score (nSPS) is 20.6. The molecule has 0 aromatic rings. The first-order valence-electron chi connectivity index (χ1n) is 8.48. The Labute approximate surface area is 126 Å². The standard InChI is InChI=1S/C17H36N2O/c1-6-7-16(4)19(5)14-17(8-10-20-11-9-17)13-18-12-15(2)3/h15-16,18H,6-14H2,1-5H3. The van der Waals surface area contributed by atoms with E-state index in [0.29, 0.717) is 11.5 Å². The van der Waals surface area contributed by atoms with Crippen LogP contribution in [0.3, 0.4) is 0 Å². The second-order valence-corrected chi connectivity index (χ2v) is 7.19. The Morgan fingerprint density at radius 2 is 1.85 bits per heavy atom. The van der Waals surface area contributed by atoms with Gasteiger partial charge < -0.3 is 15.0 Å². The minimum atomic E-state index is 0.407. The summed E-state index contributed by atoms with van der Waals surface area (Å²) in [6.45, 7) is 14.5. The summed E-state index contributed by atoms with van der Waals surface area (Å²) in [5.74, 6) is 0.726. The van der Waals surface area contributed by atoms with Crippen molar-refractivity contribution in [3.05, 3.63) is 0 Å². The molecule has 0 aromatic heterocycles. The molecule has 1 unspecified atom stereocenters. The average Bonchev–Trinajstić information content (AvgIpc) is 2.39. The smallest absolute Gasteiger partial charge is 0.0472 e. The van der Waals surface area contributed by atoms with Crippen LogP contribution in [0, 0.1) is 11.3 Å². The van der Waals surface area contributed by atoms with Crippen molar-refractivity contribution < 1.29 is 4.74 Å². The van der Waals surface area contributed by atoms with Crippen molar-refractivity contribution in [3.63, 3.8) is 0 Å². The monoisotopic (exact) mass is 284 g/mol. The first-order valence-corrected chi connectivity index (χ1v) is 8.48. The van der Waals surface area contributed by atoms with Gasteiger partial charge in [-0.15, -0.1) is 0 Å². The minimum absolute atomic E-state index is 0.407. The lowest BCUT2D eigenvalue weighted by Gasteiger charge is -2.42. The maximum atomic E-state index is 5.60. The van der Waals surface area contributed by atoms with Crippen LogP contribution in [0.2, 0.25) is 0 Å². The number of rotatable bonds is 9. The molecule has 1 heterocycles. The molecule has 1 aliphatic heterocycles. The van der Waals surface area contributed by atoms with E-state index in [2.05, 4.69) is 45.0 Å². The maximum Gasteiger partial charge on any atom is 0.0472 e. The largest absolute Gasteiger partial charge is 0.381 e. The van der Waals surface area contributed by atoms with Crippen molar-refractivity contribution >= 4 is 0 Å². The van der Waals surface area contributed by atoms with Crippen molar-refractivity contribution in [1.29, 1.82) is 0 Å². The molecule has 1 aliphatic rings. The van der Waals surface area contributed by atoms with Crippen molar-refractivity contribution in [3.8, 4) is 0 Å². The van der Waals surface area contributed by atoms with Crippen molar-refractivity contribution in [2.45, 2.75) is 59.4 Å². The lowest BCUT2D eigenvalue weighted by molar-refractivity contribution is -0.00635. The molecule has 120 valence electrons. The van der Waals surface area contributed by atoms with Crippen LogP contribution >= 0.6 is 0 Å². The molecule has 0 saturated carbocycles. The first-order chi connectivity index (χ1) is 9.49. The Morgan fingerprint density at radius 3 is 2.40 bits per heavy atom. The SMILES string of the molecule is CCCC(C)N(C)CC1(CNCC(C)C)CCOCC1. The van der Waals surface area contributed by atoms with Crippen LogP contribution < -0.4 is 5.32 Å². The minimum Gasteiger partial charge on any atom is -0.381 e. The van der Waals surface area contributed by atoms with Gasteiger partial charge in [-0.1, -0.05) is 27.2 Å². The van der Waals surface area contributed by atoms with Crippen LogP contribution in [0.15, 0.2) is 0 Å². The zero-order valence-corrected chi connectivity index (χ0v) is 14.4. The summed E-state index contributed by atoms with van der Waals surface area (Å²) < 4.78 is 5.60. The number of hydrogen-bond acceptors (Lipinski definition) is 3. The van der Waals surface area contributed by atoms with Crippen molar-refractivity contribution in [2.24, 2.45) is 11.3 Å². The van der Waals surface area contributed by atoms with E-state index in [-0.39, 0.29) is 0 Å². The van der Waals surface area contributed by atoms with Gasteiger partial charge >= 0.3 is 0 Å². The van der Waals surface area contributed by atoms with Gasteiger partial charge in [0.1, 0.15) is 0 Å². The van der Waals surface area contributed by atoms with Gasteiger partial charge in [-0.3, -0.25) is 0 Å². The van der Waals surface area contributed by atoms with Crippen molar-refractivity contribution in [1.82, 2.24) is 10.2 Å². The molecule has 0 aromatic carbocycles. The van der Waals surface area contributed by atoms with Gasteiger partial charge in [-0.2, -0.15) is 0 Å². The van der Waals surface area contributed by atoms with Crippen LogP contribution in [-0.4, -0.2) is 50.8 Å². The number of ether oxygens (including phenoxy) is 1. The Bertz CT molecular complexity index is 249. The molecule has 0 amide bonds. The van der Waals surface area contributed by atoms with Crippen molar-refractivity contribution in [2.75, 3.05) is 39.9 Å². The average molecular weight is 284 g/mol. The zero-order valence-electron chi connectivity index (χ0n) is 14.4. The highest BCUT2D eigenvalue weighted by molar-refractivity contribution is 4.87. The van der Waals surface area contributed by atoms with Crippen LogP contribution in [0.25, 0.3) is 0 Å². The predicted molar refractivity (Wildman–Crippen MR) is 87.2 cm³/mol. The number of hydrogen-bond donors (Lipinski definition) is 1. The fraction of sp³-hybridized carbons (Fsp3) is 1.00. The third-order valence-electron chi connectivity index (χ3n) is 4.65. The third-order valence-corrected chi connectivity index (χ3v) is 4.65. The summed E-state index contributed by atoms with van der Waals surface area (Å²) in [7, 11) is 2.29. The number of nitrogens with zero attached hydrogens (tertiary/aromatic N) is 1. The maximum absolute atomic E-state index is 5.60. The highest BCUT2D eigenvalue weighted by Crippen LogP contribution is 2.31. The highest BCUT2D eigenvalue weighted by atomic mass is 16.5. The van der Waals surface area contributed by atoms with Crippen LogP contribution in [0.1, 0.15) is 53.4 Å². The van der Waals surface area contributed by atoms with Crippen LogP contribution in [0.5, 0.6) is 0 Å². The molecule has 1 fully saturated rings. The molecule has 0 bridgehead atoms. The second kappa shape index (κ2) is 9.01. The molecule has 3 heteroatoms. The van der Waals surface area contributed by atoms with E-state index in [1.54, 1.807) is 0 Å². The Hall–Kier alpha value is -0.120. The number of nitrogens with one attached hydrogen (secondary N) is 1. The Kier molecular flexibility index (Phi) is 8.08. The van der Waals surface area contributed by atoms with Gasteiger partial charge in [0.15, 0.2) is 0 Å². The molecule has 1 rings (SSSR count).